The fraction of sp³-hybridized carbons (Fsp3) is 0.467. The van der Waals surface area contributed by atoms with Crippen LogP contribution in [0.4, 0.5) is 9.93 Å². The highest BCUT2D eigenvalue weighted by atomic mass is 32.1. The van der Waals surface area contributed by atoms with Crippen molar-refractivity contribution in [3.8, 4) is 0 Å². The van der Waals surface area contributed by atoms with E-state index < -0.39 is 0 Å². The summed E-state index contributed by atoms with van der Waals surface area (Å²) in [5.74, 6) is 0. The van der Waals surface area contributed by atoms with Crippen LogP contribution in [0.25, 0.3) is 10.2 Å². The Morgan fingerprint density at radius 1 is 1.30 bits per heavy atom. The van der Waals surface area contributed by atoms with E-state index in [2.05, 4.69) is 41.6 Å². The molecule has 5 heteroatoms. The van der Waals surface area contributed by atoms with E-state index in [1.165, 1.54) is 29.7 Å². The van der Waals surface area contributed by atoms with E-state index in [-0.39, 0.29) is 6.03 Å². The second-order valence-corrected chi connectivity index (χ2v) is 6.56. The van der Waals surface area contributed by atoms with Gasteiger partial charge in [-0.25, -0.2) is 9.78 Å². The summed E-state index contributed by atoms with van der Waals surface area (Å²) in [7, 11) is 0. The van der Waals surface area contributed by atoms with Crippen molar-refractivity contribution in [1.29, 1.82) is 0 Å². The van der Waals surface area contributed by atoms with Crippen LogP contribution in [0.2, 0.25) is 0 Å². The second-order valence-electron chi connectivity index (χ2n) is 5.53. The first-order chi connectivity index (χ1) is 9.61. The molecule has 20 heavy (non-hydrogen) atoms. The van der Waals surface area contributed by atoms with Gasteiger partial charge >= 0.3 is 6.03 Å². The lowest BCUT2D eigenvalue weighted by Gasteiger charge is -2.11. The van der Waals surface area contributed by atoms with Gasteiger partial charge in [-0.1, -0.05) is 30.2 Å². The van der Waals surface area contributed by atoms with Gasteiger partial charge in [-0.3, -0.25) is 5.32 Å². The number of thiazole rings is 1. The van der Waals surface area contributed by atoms with E-state index in [0.29, 0.717) is 11.2 Å². The van der Waals surface area contributed by atoms with Crippen LogP contribution in [0, 0.1) is 13.8 Å². The van der Waals surface area contributed by atoms with Crippen LogP contribution in [0.1, 0.15) is 36.8 Å². The number of aromatic nitrogens is 1. The van der Waals surface area contributed by atoms with Crippen molar-refractivity contribution >= 4 is 32.7 Å². The normalized spacial score (nSPS) is 15.7. The number of nitrogens with one attached hydrogen (secondary N) is 2. The molecule has 0 atom stereocenters. The van der Waals surface area contributed by atoms with Gasteiger partial charge in [-0.05, 0) is 43.9 Å². The lowest BCUT2D eigenvalue weighted by atomic mass is 10.1. The van der Waals surface area contributed by atoms with Crippen molar-refractivity contribution in [3.63, 3.8) is 0 Å². The van der Waals surface area contributed by atoms with Gasteiger partial charge in [0.1, 0.15) is 0 Å². The summed E-state index contributed by atoms with van der Waals surface area (Å²) in [4.78, 5) is 16.5. The Kier molecular flexibility index (Phi) is 3.61. The number of hydrogen-bond donors (Lipinski definition) is 2. The predicted molar refractivity (Wildman–Crippen MR) is 83.5 cm³/mol. The number of benzene rings is 1. The molecule has 3 rings (SSSR count). The summed E-state index contributed by atoms with van der Waals surface area (Å²) < 4.78 is 1.12. The van der Waals surface area contributed by atoms with Crippen LogP contribution in [0.15, 0.2) is 12.1 Å². The third-order valence-electron chi connectivity index (χ3n) is 3.74. The number of urea groups is 1. The van der Waals surface area contributed by atoms with E-state index >= 15 is 0 Å². The molecule has 0 aliphatic heterocycles. The number of carbonyl (C=O) groups excluding carboxylic acids is 1. The standard InChI is InChI=1S/C15H19N3OS/c1-9-7-10(2)13-12(8-9)20-15(17-13)18-14(19)16-11-5-3-4-6-11/h7-8,11H,3-6H2,1-2H3,(H2,16,17,18,19). The zero-order valence-electron chi connectivity index (χ0n) is 11.8. The molecule has 0 unspecified atom stereocenters. The number of carbonyl (C=O) groups is 1. The largest absolute Gasteiger partial charge is 0.335 e. The van der Waals surface area contributed by atoms with Crippen molar-refractivity contribution in [3.05, 3.63) is 23.3 Å². The van der Waals surface area contributed by atoms with Gasteiger partial charge in [0.25, 0.3) is 0 Å². The topological polar surface area (TPSA) is 54.0 Å². The Bertz CT molecular complexity index is 644. The lowest BCUT2D eigenvalue weighted by molar-refractivity contribution is 0.248. The molecule has 0 saturated heterocycles. The molecule has 1 aliphatic rings. The monoisotopic (exact) mass is 289 g/mol. The first-order valence-corrected chi connectivity index (χ1v) is 7.89. The zero-order chi connectivity index (χ0) is 14.1. The summed E-state index contributed by atoms with van der Waals surface area (Å²) in [6.07, 6.45) is 4.60. The molecule has 0 spiro atoms. The van der Waals surface area contributed by atoms with Crippen LogP contribution < -0.4 is 10.6 Å². The average Bonchev–Trinajstić information content (AvgIpc) is 2.98. The molecule has 1 heterocycles. The van der Waals surface area contributed by atoms with Gasteiger partial charge in [0.2, 0.25) is 0 Å². The molecule has 4 nitrogen and oxygen atoms in total. The maximum atomic E-state index is 11.9. The van der Waals surface area contributed by atoms with Gasteiger partial charge < -0.3 is 5.32 Å². The van der Waals surface area contributed by atoms with E-state index in [0.717, 1.165) is 28.6 Å². The average molecular weight is 289 g/mol. The van der Waals surface area contributed by atoms with Crippen LogP contribution >= 0.6 is 11.3 Å². The summed E-state index contributed by atoms with van der Waals surface area (Å²) in [5, 5.41) is 6.55. The molecule has 106 valence electrons. The molecule has 0 bridgehead atoms. The molecule has 0 radical (unpaired) electrons. The van der Waals surface area contributed by atoms with Crippen LogP contribution in [-0.2, 0) is 0 Å². The number of aryl methyl sites for hydroxylation is 2. The SMILES string of the molecule is Cc1cc(C)c2nc(NC(=O)NC3CCCC3)sc2c1. The molecule has 1 aromatic heterocycles. The third-order valence-corrected chi connectivity index (χ3v) is 4.66. The van der Waals surface area contributed by atoms with E-state index in [1.54, 1.807) is 0 Å². The smallest absolute Gasteiger partial charge is 0.321 e. The van der Waals surface area contributed by atoms with E-state index in [1.807, 2.05) is 0 Å². The van der Waals surface area contributed by atoms with Crippen molar-refractivity contribution in [2.75, 3.05) is 5.32 Å². The van der Waals surface area contributed by atoms with Crippen LogP contribution in [0.5, 0.6) is 0 Å². The van der Waals surface area contributed by atoms with E-state index in [9.17, 15) is 4.79 Å². The first kappa shape index (κ1) is 13.4. The minimum atomic E-state index is -0.134. The summed E-state index contributed by atoms with van der Waals surface area (Å²) >= 11 is 1.53. The fourth-order valence-electron chi connectivity index (χ4n) is 2.81. The maximum Gasteiger partial charge on any atom is 0.321 e. The summed E-state index contributed by atoms with van der Waals surface area (Å²) in [6.45, 7) is 4.13. The first-order valence-electron chi connectivity index (χ1n) is 7.07. The van der Waals surface area contributed by atoms with Crippen molar-refractivity contribution < 1.29 is 4.79 Å². The summed E-state index contributed by atoms with van der Waals surface area (Å²) in [6, 6.07) is 4.42. The Morgan fingerprint density at radius 3 is 2.80 bits per heavy atom. The lowest BCUT2D eigenvalue weighted by Crippen LogP contribution is -2.36. The van der Waals surface area contributed by atoms with Gasteiger partial charge in [0.15, 0.2) is 5.13 Å². The molecule has 2 N–H and O–H groups in total. The predicted octanol–water partition coefficient (Wildman–Crippen LogP) is 3.98. The zero-order valence-corrected chi connectivity index (χ0v) is 12.6. The van der Waals surface area contributed by atoms with Crippen molar-refractivity contribution in [2.45, 2.75) is 45.6 Å². The molecule has 2 amide bonds. The highest BCUT2D eigenvalue weighted by Gasteiger charge is 2.17. The number of rotatable bonds is 2. The van der Waals surface area contributed by atoms with Gasteiger partial charge in [-0.2, -0.15) is 0 Å². The van der Waals surface area contributed by atoms with Gasteiger partial charge in [0.05, 0.1) is 10.2 Å². The van der Waals surface area contributed by atoms with Gasteiger partial charge in [0, 0.05) is 6.04 Å². The number of fused-ring (bicyclic) bond motifs is 1. The minimum absolute atomic E-state index is 0.134. The molecular weight excluding hydrogens is 270 g/mol. The molecule has 1 fully saturated rings. The highest BCUT2D eigenvalue weighted by Crippen LogP contribution is 2.29. The number of anilines is 1. The maximum absolute atomic E-state index is 11.9. The molecule has 1 saturated carbocycles. The highest BCUT2D eigenvalue weighted by molar-refractivity contribution is 7.22. The number of amides is 2. The quantitative estimate of drug-likeness (QED) is 0.878. The van der Waals surface area contributed by atoms with Crippen molar-refractivity contribution in [2.24, 2.45) is 0 Å². The Morgan fingerprint density at radius 2 is 2.05 bits per heavy atom. The fourth-order valence-corrected chi connectivity index (χ4v) is 3.85. The van der Waals surface area contributed by atoms with E-state index in [4.69, 9.17) is 0 Å². The van der Waals surface area contributed by atoms with Crippen LogP contribution in [0.3, 0.4) is 0 Å². The molecule has 2 aromatic rings. The molecule has 1 aromatic carbocycles. The minimum Gasteiger partial charge on any atom is -0.335 e. The number of hydrogen-bond acceptors (Lipinski definition) is 3. The van der Waals surface area contributed by atoms with Crippen molar-refractivity contribution in [1.82, 2.24) is 10.3 Å². The molecular formula is C15H19N3OS. The van der Waals surface area contributed by atoms with Crippen LogP contribution in [-0.4, -0.2) is 17.1 Å². The Balaban J connectivity index is 1.73. The summed E-state index contributed by atoms with van der Waals surface area (Å²) in [5.41, 5.74) is 3.36. The third kappa shape index (κ3) is 2.77. The van der Waals surface area contributed by atoms with Gasteiger partial charge in [-0.15, -0.1) is 0 Å². The molecule has 1 aliphatic carbocycles. The Hall–Kier alpha value is -1.62. The number of nitrogens with zero attached hydrogens (tertiary/aromatic N) is 1. The Labute approximate surface area is 122 Å². The second kappa shape index (κ2) is 5.40.